The highest BCUT2D eigenvalue weighted by Crippen LogP contribution is 2.38. The number of hydrogen-bond acceptors (Lipinski definition) is 2. The molecule has 2 heteroatoms. The van der Waals surface area contributed by atoms with Crippen LogP contribution < -0.4 is 0 Å². The fourth-order valence-corrected chi connectivity index (χ4v) is 2.11. The van der Waals surface area contributed by atoms with Crippen LogP contribution in [0.4, 0.5) is 0 Å². The summed E-state index contributed by atoms with van der Waals surface area (Å²) in [5, 5.41) is 0. The van der Waals surface area contributed by atoms with Crippen molar-refractivity contribution in [1.82, 2.24) is 0 Å². The molecule has 0 aliphatic heterocycles. The number of rotatable bonds is 8. The van der Waals surface area contributed by atoms with Gasteiger partial charge in [0.2, 0.25) is 0 Å². The first kappa shape index (κ1) is 13.7. The third kappa shape index (κ3) is 3.58. The third-order valence-corrected chi connectivity index (χ3v) is 3.71. The number of carbonyl (C=O) groups is 1. The molecule has 16 heavy (non-hydrogen) atoms. The molecule has 0 amide bonds. The summed E-state index contributed by atoms with van der Waals surface area (Å²) in [6.45, 7) is 7.04. The highest BCUT2D eigenvalue weighted by atomic mass is 16.5. The van der Waals surface area contributed by atoms with Gasteiger partial charge in [0.15, 0.2) is 0 Å². The van der Waals surface area contributed by atoms with E-state index in [2.05, 4.69) is 6.92 Å². The van der Waals surface area contributed by atoms with E-state index in [-0.39, 0.29) is 11.5 Å². The summed E-state index contributed by atoms with van der Waals surface area (Å²) in [6, 6.07) is 0. The van der Waals surface area contributed by atoms with Crippen molar-refractivity contribution in [1.29, 1.82) is 0 Å². The van der Waals surface area contributed by atoms with Gasteiger partial charge in [0.25, 0.3) is 0 Å². The highest BCUT2D eigenvalue weighted by molar-refractivity contribution is 5.91. The highest BCUT2D eigenvalue weighted by Gasteiger charge is 2.47. The van der Waals surface area contributed by atoms with Crippen molar-refractivity contribution >= 4 is 5.78 Å². The Kier molecular flexibility index (Phi) is 5.47. The third-order valence-electron chi connectivity index (χ3n) is 3.71. The van der Waals surface area contributed by atoms with Gasteiger partial charge in [-0.2, -0.15) is 0 Å². The molecule has 0 radical (unpaired) electrons. The number of ketones is 1. The molecule has 0 bridgehead atoms. The van der Waals surface area contributed by atoms with Crippen molar-refractivity contribution in [2.75, 3.05) is 6.61 Å². The monoisotopic (exact) mass is 226 g/mol. The zero-order valence-electron chi connectivity index (χ0n) is 11.1. The van der Waals surface area contributed by atoms with E-state index in [9.17, 15) is 4.79 Å². The zero-order valence-corrected chi connectivity index (χ0v) is 11.1. The Morgan fingerprint density at radius 1 is 1.19 bits per heavy atom. The van der Waals surface area contributed by atoms with Gasteiger partial charge in [-0.3, -0.25) is 4.79 Å². The van der Waals surface area contributed by atoms with Crippen LogP contribution in [0.2, 0.25) is 0 Å². The number of Topliss-reactive ketones (excluding diaryl/α,β-unsaturated/α-hetero) is 1. The first-order valence-electron chi connectivity index (χ1n) is 6.74. The van der Waals surface area contributed by atoms with Gasteiger partial charge in [0, 0.05) is 13.0 Å². The lowest BCUT2D eigenvalue weighted by atomic mass is 9.68. The molecule has 1 atom stereocenters. The predicted molar refractivity (Wildman–Crippen MR) is 66.5 cm³/mol. The van der Waals surface area contributed by atoms with Crippen LogP contribution in [0.3, 0.4) is 0 Å². The Morgan fingerprint density at radius 3 is 2.38 bits per heavy atom. The van der Waals surface area contributed by atoms with Crippen LogP contribution in [0.25, 0.3) is 0 Å². The van der Waals surface area contributed by atoms with Gasteiger partial charge in [-0.25, -0.2) is 0 Å². The summed E-state index contributed by atoms with van der Waals surface area (Å²) >= 11 is 0. The lowest BCUT2D eigenvalue weighted by molar-refractivity contribution is -0.158. The zero-order chi connectivity index (χ0) is 12.0. The molecule has 0 aromatic carbocycles. The number of ether oxygens (including phenoxy) is 1. The average Bonchev–Trinajstić information content (AvgIpc) is 2.26. The smallest absolute Gasteiger partial charge is 0.143 e. The van der Waals surface area contributed by atoms with Crippen LogP contribution in [-0.2, 0) is 9.53 Å². The van der Waals surface area contributed by atoms with Crippen LogP contribution in [0.15, 0.2) is 0 Å². The van der Waals surface area contributed by atoms with E-state index in [1.165, 1.54) is 32.1 Å². The van der Waals surface area contributed by atoms with Gasteiger partial charge in [0.05, 0.1) is 11.5 Å². The van der Waals surface area contributed by atoms with Gasteiger partial charge in [0.1, 0.15) is 5.78 Å². The van der Waals surface area contributed by atoms with Crippen LogP contribution in [0.5, 0.6) is 0 Å². The molecule has 0 heterocycles. The van der Waals surface area contributed by atoms with Crippen molar-refractivity contribution in [2.24, 2.45) is 5.41 Å². The Balaban J connectivity index is 1.94. The van der Waals surface area contributed by atoms with E-state index in [4.69, 9.17) is 4.74 Å². The average molecular weight is 226 g/mol. The van der Waals surface area contributed by atoms with E-state index in [1.807, 2.05) is 13.8 Å². The van der Waals surface area contributed by atoms with Gasteiger partial charge in [-0.15, -0.1) is 0 Å². The lowest BCUT2D eigenvalue weighted by Crippen LogP contribution is -2.51. The molecule has 0 spiro atoms. The first-order chi connectivity index (χ1) is 7.59. The topological polar surface area (TPSA) is 26.3 Å². The Bertz CT molecular complexity index is 221. The van der Waals surface area contributed by atoms with Gasteiger partial charge >= 0.3 is 0 Å². The van der Waals surface area contributed by atoms with Crippen LogP contribution in [0.1, 0.15) is 65.7 Å². The summed E-state index contributed by atoms with van der Waals surface area (Å²) in [4.78, 5) is 11.3. The Morgan fingerprint density at radius 2 is 1.81 bits per heavy atom. The maximum Gasteiger partial charge on any atom is 0.143 e. The minimum Gasteiger partial charge on any atom is -0.377 e. The fraction of sp³-hybridized carbons (Fsp3) is 0.929. The van der Waals surface area contributed by atoms with Gasteiger partial charge in [-0.05, 0) is 6.42 Å². The maximum absolute atomic E-state index is 11.3. The quantitative estimate of drug-likeness (QED) is 0.589. The van der Waals surface area contributed by atoms with Crippen LogP contribution in [0, 0.1) is 5.41 Å². The van der Waals surface area contributed by atoms with E-state index < -0.39 is 0 Å². The molecule has 1 saturated carbocycles. The molecule has 1 unspecified atom stereocenters. The SMILES string of the molecule is CCCCCCCCOC1CC(=O)C1(C)C. The fourth-order valence-electron chi connectivity index (χ4n) is 2.11. The standard InChI is InChI=1S/C14H26O2/c1-4-5-6-7-8-9-10-16-13-11-12(15)14(13,2)3/h13H,4-11H2,1-3H3. The van der Waals surface area contributed by atoms with Crippen molar-refractivity contribution in [3.05, 3.63) is 0 Å². The summed E-state index contributed by atoms with van der Waals surface area (Å²) in [7, 11) is 0. The number of hydrogen-bond donors (Lipinski definition) is 0. The minimum absolute atomic E-state index is 0.177. The minimum atomic E-state index is -0.220. The molecular formula is C14H26O2. The van der Waals surface area contributed by atoms with Crippen molar-refractivity contribution in [2.45, 2.75) is 71.8 Å². The van der Waals surface area contributed by atoms with Crippen molar-refractivity contribution < 1.29 is 9.53 Å². The molecule has 1 aliphatic rings. The maximum atomic E-state index is 11.3. The molecule has 2 nitrogen and oxygen atoms in total. The van der Waals surface area contributed by atoms with Gasteiger partial charge < -0.3 is 4.74 Å². The molecule has 0 aromatic heterocycles. The molecule has 0 aromatic rings. The molecular weight excluding hydrogens is 200 g/mol. The number of unbranched alkanes of at least 4 members (excludes halogenated alkanes) is 5. The Hall–Kier alpha value is -0.370. The van der Waals surface area contributed by atoms with E-state index in [1.54, 1.807) is 0 Å². The van der Waals surface area contributed by atoms with E-state index in [0.717, 1.165) is 13.0 Å². The molecule has 0 N–H and O–H groups in total. The summed E-state index contributed by atoms with van der Waals surface area (Å²) < 4.78 is 5.75. The van der Waals surface area contributed by atoms with Gasteiger partial charge in [-0.1, -0.05) is 52.9 Å². The Labute approximate surface area is 99.8 Å². The molecule has 1 rings (SSSR count). The van der Waals surface area contributed by atoms with Crippen molar-refractivity contribution in [3.63, 3.8) is 0 Å². The number of carbonyl (C=O) groups excluding carboxylic acids is 1. The molecule has 0 saturated heterocycles. The largest absolute Gasteiger partial charge is 0.377 e. The molecule has 1 aliphatic carbocycles. The molecule has 1 fully saturated rings. The second-order valence-corrected chi connectivity index (χ2v) is 5.48. The van der Waals surface area contributed by atoms with Crippen LogP contribution >= 0.6 is 0 Å². The van der Waals surface area contributed by atoms with E-state index in [0.29, 0.717) is 12.2 Å². The summed E-state index contributed by atoms with van der Waals surface area (Å²) in [5.41, 5.74) is -0.220. The normalized spacial score (nSPS) is 23.2. The predicted octanol–water partition coefficient (Wildman–Crippen LogP) is 3.73. The molecule has 94 valence electrons. The van der Waals surface area contributed by atoms with Crippen molar-refractivity contribution in [3.8, 4) is 0 Å². The second kappa shape index (κ2) is 6.39. The summed E-state index contributed by atoms with van der Waals surface area (Å²) in [5.74, 6) is 0.348. The second-order valence-electron chi connectivity index (χ2n) is 5.48. The summed E-state index contributed by atoms with van der Waals surface area (Å²) in [6.07, 6.45) is 8.54. The lowest BCUT2D eigenvalue weighted by Gasteiger charge is -2.41. The first-order valence-corrected chi connectivity index (χ1v) is 6.74. The van der Waals surface area contributed by atoms with Crippen LogP contribution in [-0.4, -0.2) is 18.5 Å². The van der Waals surface area contributed by atoms with E-state index >= 15 is 0 Å².